The van der Waals surface area contributed by atoms with Crippen LogP contribution in [0.5, 0.6) is 0 Å². The summed E-state index contributed by atoms with van der Waals surface area (Å²) in [5.74, 6) is 0. The van der Waals surface area contributed by atoms with Crippen molar-refractivity contribution < 1.29 is 17.0 Å². The first-order valence-electron chi connectivity index (χ1n) is 13.1. The van der Waals surface area contributed by atoms with Crippen LogP contribution in [-0.2, 0) is 17.0 Å². The molecule has 4 aromatic rings. The summed E-state index contributed by atoms with van der Waals surface area (Å²) in [6.07, 6.45) is 0. The van der Waals surface area contributed by atoms with Gasteiger partial charge in [-0.15, -0.1) is 80.7 Å². The predicted octanol–water partition coefficient (Wildman–Crippen LogP) is 11.1. The third-order valence-corrected chi connectivity index (χ3v) is 12.8. The first-order valence-corrected chi connectivity index (χ1v) is 20.2. The second-order valence-corrected chi connectivity index (χ2v) is 21.9. The summed E-state index contributed by atoms with van der Waals surface area (Å²) in [7, 11) is 9.57. The van der Waals surface area contributed by atoms with Crippen molar-refractivity contribution in [2.75, 3.05) is 0 Å². The summed E-state index contributed by atoms with van der Waals surface area (Å²) in [5.41, 5.74) is 1.54. The number of rotatable bonds is 4. The van der Waals surface area contributed by atoms with E-state index in [9.17, 15) is 0 Å². The Morgan fingerprint density at radius 2 is 1.00 bits per heavy atom. The fourth-order valence-electron chi connectivity index (χ4n) is 5.52. The van der Waals surface area contributed by atoms with Crippen molar-refractivity contribution in [3.05, 3.63) is 72.8 Å². The van der Waals surface area contributed by atoms with E-state index in [2.05, 4.69) is 142 Å². The Bertz CT molecular complexity index is 1140. The van der Waals surface area contributed by atoms with Crippen LogP contribution in [0.25, 0.3) is 21.5 Å². The van der Waals surface area contributed by atoms with Crippen molar-refractivity contribution in [3.8, 4) is 0 Å². The molecule has 37 heavy (non-hydrogen) atoms. The van der Waals surface area contributed by atoms with Gasteiger partial charge in [0, 0.05) is 0 Å². The summed E-state index contributed by atoms with van der Waals surface area (Å²) < 4.78 is 0. The van der Waals surface area contributed by atoms with E-state index in [1.54, 1.807) is 10.6 Å². The third-order valence-electron chi connectivity index (χ3n) is 6.22. The first kappa shape index (κ1) is 33.0. The molecule has 0 radical (unpaired) electrons. The molecule has 5 heteroatoms. The van der Waals surface area contributed by atoms with E-state index in [0.29, 0.717) is 10.3 Å². The van der Waals surface area contributed by atoms with E-state index in [0.717, 1.165) is 11.3 Å². The van der Waals surface area contributed by atoms with Gasteiger partial charge in [-0.1, -0.05) is 97.2 Å². The number of fused-ring (bicyclic) bond motifs is 2. The van der Waals surface area contributed by atoms with Crippen LogP contribution in [0.3, 0.4) is 0 Å². The van der Waals surface area contributed by atoms with E-state index < -0.39 is 17.0 Å². The molecule has 0 saturated carbocycles. The van der Waals surface area contributed by atoms with E-state index >= 15 is 0 Å². The monoisotopic (exact) mass is 608 g/mol. The maximum atomic E-state index is 4.89. The second-order valence-electron chi connectivity index (χ2n) is 12.0. The van der Waals surface area contributed by atoms with Crippen molar-refractivity contribution in [1.29, 1.82) is 0 Å². The van der Waals surface area contributed by atoms with Crippen LogP contribution in [0, 0.1) is 0 Å². The SMILES string of the molecule is CC(C)(C)P(c1cc2ccccc2[cH-]1)C(C)(C)C.CC(C)P(c1cc2ccccc2[cH-]1)C(C)C.[Cl][Ti][Cl]. The molecule has 0 aliphatic heterocycles. The zero-order chi connectivity index (χ0) is 28.0. The molecule has 202 valence electrons. The van der Waals surface area contributed by atoms with Gasteiger partial charge in [0.25, 0.3) is 0 Å². The van der Waals surface area contributed by atoms with Crippen LogP contribution in [0.4, 0.5) is 0 Å². The van der Waals surface area contributed by atoms with Gasteiger partial charge >= 0.3 is 35.6 Å². The summed E-state index contributed by atoms with van der Waals surface area (Å²) in [4.78, 5) is 0. The van der Waals surface area contributed by atoms with Crippen molar-refractivity contribution in [1.82, 2.24) is 0 Å². The summed E-state index contributed by atoms with van der Waals surface area (Å²) >= 11 is -0.556. The van der Waals surface area contributed by atoms with E-state index in [-0.39, 0.29) is 15.8 Å². The van der Waals surface area contributed by atoms with E-state index in [1.165, 1.54) is 21.5 Å². The zero-order valence-corrected chi connectivity index (χ0v) is 29.1. The number of hydrogen-bond acceptors (Lipinski definition) is 0. The van der Waals surface area contributed by atoms with Crippen LogP contribution >= 0.6 is 34.5 Å². The van der Waals surface area contributed by atoms with Crippen LogP contribution in [-0.4, -0.2) is 21.6 Å². The van der Waals surface area contributed by atoms with Crippen molar-refractivity contribution in [2.24, 2.45) is 0 Å². The molecule has 0 fully saturated rings. The van der Waals surface area contributed by atoms with Gasteiger partial charge in [-0.05, 0) is 21.6 Å². The summed E-state index contributed by atoms with van der Waals surface area (Å²) in [6, 6.07) is 27.0. The standard InChI is InChI=1S/C17H24P.C15H20P.2ClH.Ti/c1-16(2,3)18(17(4,5)6)15-11-13-9-7-8-10-14(13)12-15;1-11(2)16(12(3)4)15-9-13-7-5-6-8-14(13)10-15;;;/h7-12H,1-6H3;5-12H,1-4H3;2*1H;/q2*-1;;;+2/p-2. The number of halogens is 2. The van der Waals surface area contributed by atoms with Crippen LogP contribution < -0.4 is 10.6 Å². The first-order chi connectivity index (χ1) is 17.2. The molecule has 0 atom stereocenters. The minimum atomic E-state index is -0.556. The fraction of sp³-hybridized carbons (Fsp3) is 0.438. The Kier molecular flexibility index (Phi) is 12.9. The molecule has 0 unspecified atom stereocenters. The quantitative estimate of drug-likeness (QED) is 0.123. The molecule has 0 heterocycles. The van der Waals surface area contributed by atoms with Gasteiger partial charge in [-0.2, -0.15) is 12.1 Å². The Labute approximate surface area is 245 Å². The van der Waals surface area contributed by atoms with E-state index in [4.69, 9.17) is 18.6 Å². The van der Waals surface area contributed by atoms with Crippen molar-refractivity contribution >= 4 is 66.6 Å². The number of hydrogen-bond donors (Lipinski definition) is 0. The molecular weight excluding hydrogens is 565 g/mol. The normalized spacial score (nSPS) is 12.2. The molecule has 0 aliphatic carbocycles. The molecule has 4 rings (SSSR count). The van der Waals surface area contributed by atoms with Gasteiger partial charge in [-0.25, -0.2) is 0 Å². The van der Waals surface area contributed by atoms with Crippen LogP contribution in [0.2, 0.25) is 0 Å². The topological polar surface area (TPSA) is 0 Å². The number of benzene rings is 2. The van der Waals surface area contributed by atoms with Crippen molar-refractivity contribution in [3.63, 3.8) is 0 Å². The van der Waals surface area contributed by atoms with Gasteiger partial charge in [-0.3, -0.25) is 0 Å². The predicted molar refractivity (Wildman–Crippen MR) is 174 cm³/mol. The molecule has 0 N–H and O–H groups in total. The fourth-order valence-corrected chi connectivity index (χ4v) is 12.6. The van der Waals surface area contributed by atoms with Crippen LogP contribution in [0.15, 0.2) is 72.8 Å². The van der Waals surface area contributed by atoms with Gasteiger partial charge in [0.2, 0.25) is 0 Å². The molecule has 0 amide bonds. The van der Waals surface area contributed by atoms with Gasteiger partial charge in [0.1, 0.15) is 0 Å². The molecule has 0 aromatic heterocycles. The Hall–Kier alpha value is -0.186. The van der Waals surface area contributed by atoms with Gasteiger partial charge in [0.15, 0.2) is 0 Å². The average molecular weight is 609 g/mol. The molecular formula is C32H44Cl2P2Ti-2. The second kappa shape index (κ2) is 14.4. The molecule has 0 aliphatic rings. The van der Waals surface area contributed by atoms with E-state index in [1.807, 2.05) is 0 Å². The Balaban J connectivity index is 0.000000237. The maximum absolute atomic E-state index is 4.89. The Morgan fingerprint density at radius 3 is 1.35 bits per heavy atom. The summed E-state index contributed by atoms with van der Waals surface area (Å²) in [5, 5.41) is 9.36. The zero-order valence-electron chi connectivity index (χ0n) is 24.2. The van der Waals surface area contributed by atoms with Gasteiger partial charge in [0.05, 0.1) is 0 Å². The molecule has 4 aromatic carbocycles. The summed E-state index contributed by atoms with van der Waals surface area (Å²) in [6.45, 7) is 23.7. The molecule has 0 nitrogen and oxygen atoms in total. The third kappa shape index (κ3) is 9.45. The average Bonchev–Trinajstić information content (AvgIpc) is 3.35. The molecule has 0 spiro atoms. The molecule has 0 bridgehead atoms. The Morgan fingerprint density at radius 1 is 0.649 bits per heavy atom. The van der Waals surface area contributed by atoms with Crippen LogP contribution in [0.1, 0.15) is 69.2 Å². The van der Waals surface area contributed by atoms with Gasteiger partial charge < -0.3 is 0 Å². The minimum absolute atomic E-state index is 0.0206. The van der Waals surface area contributed by atoms with Crippen molar-refractivity contribution in [2.45, 2.75) is 90.9 Å². The molecule has 0 saturated heterocycles.